The van der Waals surface area contributed by atoms with E-state index in [0.29, 0.717) is 39.9 Å². The highest BCUT2D eigenvalue weighted by atomic mass is 28.3. The molecule has 0 bridgehead atoms. The number of hydrogen-bond donors (Lipinski definition) is 1. The van der Waals surface area contributed by atoms with Crippen molar-refractivity contribution in [2.75, 3.05) is 19.5 Å². The van der Waals surface area contributed by atoms with Gasteiger partial charge in [0.15, 0.2) is 5.82 Å². The molecule has 12 heteroatoms. The number of hydrogen-bond acceptors (Lipinski definition) is 9. The first kappa shape index (κ1) is 27.0. The van der Waals surface area contributed by atoms with Crippen LogP contribution in [0.25, 0.3) is 39.1 Å². The first-order chi connectivity index (χ1) is 19.2. The van der Waals surface area contributed by atoms with E-state index in [0.717, 1.165) is 6.04 Å². The molecule has 5 rings (SSSR count). The van der Waals surface area contributed by atoms with Gasteiger partial charge in [0, 0.05) is 26.4 Å². The maximum atomic E-state index is 13.5. The topological polar surface area (TPSA) is 140 Å². The minimum absolute atomic E-state index is 0.0162. The van der Waals surface area contributed by atoms with Crippen LogP contribution in [0.3, 0.4) is 0 Å². The van der Waals surface area contributed by atoms with Gasteiger partial charge in [-0.2, -0.15) is 0 Å². The van der Waals surface area contributed by atoms with E-state index in [1.54, 1.807) is 36.5 Å². The number of rotatable bonds is 9. The van der Waals surface area contributed by atoms with Crippen molar-refractivity contribution >= 4 is 24.9 Å². The Bertz CT molecular complexity index is 1790. The molecule has 0 atom stereocenters. The second-order valence-corrected chi connectivity index (χ2v) is 16.1. The summed E-state index contributed by atoms with van der Waals surface area (Å²) in [7, 11) is 0.186. The zero-order valence-electron chi connectivity index (χ0n) is 22.7. The lowest BCUT2D eigenvalue weighted by atomic mass is 10.0. The zero-order chi connectivity index (χ0) is 28.4. The van der Waals surface area contributed by atoms with Gasteiger partial charge in [-0.3, -0.25) is 9.32 Å². The maximum absolute atomic E-state index is 13.5. The molecule has 0 saturated heterocycles. The Morgan fingerprint density at radius 2 is 1.80 bits per heavy atom. The molecule has 0 fully saturated rings. The molecular formula is C28H30N6O5Si. The van der Waals surface area contributed by atoms with Gasteiger partial charge < -0.3 is 15.2 Å². The number of nitrogens with two attached hydrogens (primary N) is 1. The summed E-state index contributed by atoms with van der Waals surface area (Å²) in [5.74, 6) is -0.0624. The molecule has 5 aromatic rings. The highest BCUT2D eigenvalue weighted by Crippen LogP contribution is 2.32. The van der Waals surface area contributed by atoms with E-state index >= 15 is 0 Å². The van der Waals surface area contributed by atoms with Crippen molar-refractivity contribution in [1.82, 2.24) is 24.3 Å². The van der Waals surface area contributed by atoms with Crippen molar-refractivity contribution in [1.29, 1.82) is 0 Å². The van der Waals surface area contributed by atoms with Crippen LogP contribution in [0.1, 0.15) is 0 Å². The van der Waals surface area contributed by atoms with E-state index in [4.69, 9.17) is 19.7 Å². The first-order valence-electron chi connectivity index (χ1n) is 12.7. The minimum Gasteiger partial charge on any atom is -0.480 e. The van der Waals surface area contributed by atoms with Crippen LogP contribution < -0.4 is 21.8 Å². The van der Waals surface area contributed by atoms with E-state index in [-0.39, 0.29) is 29.9 Å². The molecule has 11 nitrogen and oxygen atoms in total. The van der Waals surface area contributed by atoms with Gasteiger partial charge in [-0.1, -0.05) is 49.1 Å². The minimum atomic E-state index is -1.30. The lowest BCUT2D eigenvalue weighted by Crippen LogP contribution is -2.23. The zero-order valence-corrected chi connectivity index (χ0v) is 23.7. The Balaban J connectivity index is 1.55. The Hall–Kier alpha value is -4.55. The summed E-state index contributed by atoms with van der Waals surface area (Å²) < 4.78 is 18.9. The fraction of sp³-hybridized carbons (Fsp3) is 0.250. The Morgan fingerprint density at radius 1 is 1.02 bits per heavy atom. The van der Waals surface area contributed by atoms with Crippen LogP contribution in [0, 0.1) is 0 Å². The van der Waals surface area contributed by atoms with Gasteiger partial charge in [0.25, 0.3) is 5.56 Å². The highest BCUT2D eigenvalue weighted by Gasteiger charge is 2.20. The second-order valence-electron chi connectivity index (χ2n) is 10.5. The third kappa shape index (κ3) is 5.44. The van der Waals surface area contributed by atoms with Gasteiger partial charge in [-0.25, -0.2) is 23.9 Å². The number of aromatic nitrogens is 5. The van der Waals surface area contributed by atoms with E-state index in [1.165, 1.54) is 16.2 Å². The fourth-order valence-electron chi connectivity index (χ4n) is 4.25. The number of benzene rings is 2. The molecule has 0 unspecified atom stereocenters. The summed E-state index contributed by atoms with van der Waals surface area (Å²) in [5.41, 5.74) is 8.76. The SMILES string of the molecule is COc1ncc(-c2ccc3nc(N)n(-c4ccccc4)c(=O)c3c2)cc1-c1noc(=O)n1COCC[Si](C)(C)C. The third-order valence-corrected chi connectivity index (χ3v) is 8.13. The van der Waals surface area contributed by atoms with E-state index in [9.17, 15) is 9.59 Å². The van der Waals surface area contributed by atoms with Crippen LogP contribution in [0.4, 0.5) is 5.95 Å². The maximum Gasteiger partial charge on any atom is 0.443 e. The predicted molar refractivity (Wildman–Crippen MR) is 155 cm³/mol. The lowest BCUT2D eigenvalue weighted by molar-refractivity contribution is 0.0833. The van der Waals surface area contributed by atoms with Crippen molar-refractivity contribution in [3.63, 3.8) is 0 Å². The summed E-state index contributed by atoms with van der Waals surface area (Å²) in [6.07, 6.45) is 1.62. The van der Waals surface area contributed by atoms with Gasteiger partial charge in [-0.05, 0) is 41.9 Å². The number of fused-ring (bicyclic) bond motifs is 1. The molecule has 0 aliphatic heterocycles. The predicted octanol–water partition coefficient (Wildman–Crippen LogP) is 4.17. The van der Waals surface area contributed by atoms with Gasteiger partial charge in [0.05, 0.1) is 29.3 Å². The van der Waals surface area contributed by atoms with Crippen LogP contribution in [-0.2, 0) is 11.5 Å². The molecule has 3 aromatic heterocycles. The van der Waals surface area contributed by atoms with Crippen molar-refractivity contribution in [2.24, 2.45) is 0 Å². The number of anilines is 1. The van der Waals surface area contributed by atoms with Crippen molar-refractivity contribution in [3.8, 4) is 34.1 Å². The quantitative estimate of drug-likeness (QED) is 0.208. The molecular weight excluding hydrogens is 528 g/mol. The molecule has 2 N–H and O–H groups in total. The van der Waals surface area contributed by atoms with Crippen LogP contribution >= 0.6 is 0 Å². The normalized spacial score (nSPS) is 11.7. The smallest absolute Gasteiger partial charge is 0.443 e. The van der Waals surface area contributed by atoms with E-state index in [2.05, 4.69) is 34.8 Å². The summed E-state index contributed by atoms with van der Waals surface area (Å²) in [4.78, 5) is 34.8. The average Bonchev–Trinajstić information content (AvgIpc) is 3.30. The average molecular weight is 559 g/mol. The molecule has 40 heavy (non-hydrogen) atoms. The summed E-state index contributed by atoms with van der Waals surface area (Å²) >= 11 is 0. The molecule has 0 spiro atoms. The molecule has 0 saturated carbocycles. The van der Waals surface area contributed by atoms with Gasteiger partial charge in [0.2, 0.25) is 11.8 Å². The number of pyridine rings is 1. The third-order valence-electron chi connectivity index (χ3n) is 6.43. The molecule has 206 valence electrons. The molecule has 0 aliphatic carbocycles. The Labute approximate surface area is 230 Å². The van der Waals surface area contributed by atoms with Gasteiger partial charge in [0.1, 0.15) is 6.73 Å². The monoisotopic (exact) mass is 558 g/mol. The highest BCUT2D eigenvalue weighted by molar-refractivity contribution is 6.76. The van der Waals surface area contributed by atoms with Crippen molar-refractivity contribution < 1.29 is 14.0 Å². The Morgan fingerprint density at radius 3 is 2.52 bits per heavy atom. The number of para-hydroxylation sites is 1. The van der Waals surface area contributed by atoms with E-state index in [1.807, 2.05) is 24.3 Å². The number of nitrogens with zero attached hydrogens (tertiary/aromatic N) is 5. The van der Waals surface area contributed by atoms with Crippen molar-refractivity contribution in [3.05, 3.63) is 81.7 Å². The van der Waals surface area contributed by atoms with Crippen molar-refractivity contribution in [2.45, 2.75) is 32.4 Å². The Kier molecular flexibility index (Phi) is 7.37. The van der Waals surface area contributed by atoms with Gasteiger partial charge >= 0.3 is 5.76 Å². The van der Waals surface area contributed by atoms with Crippen LogP contribution in [0.15, 0.2) is 74.9 Å². The van der Waals surface area contributed by atoms with Crippen LogP contribution in [-0.4, -0.2) is 46.0 Å². The fourth-order valence-corrected chi connectivity index (χ4v) is 5.01. The molecule has 0 radical (unpaired) electrons. The first-order valence-corrected chi connectivity index (χ1v) is 16.4. The number of ether oxygens (including phenoxy) is 2. The van der Waals surface area contributed by atoms with Crippen LogP contribution in [0.5, 0.6) is 5.88 Å². The lowest BCUT2D eigenvalue weighted by Gasteiger charge is -2.15. The van der Waals surface area contributed by atoms with Gasteiger partial charge in [-0.15, -0.1) is 0 Å². The molecule has 0 amide bonds. The molecule has 3 heterocycles. The summed E-state index contributed by atoms with van der Waals surface area (Å²) in [6, 6.07) is 17.1. The summed E-state index contributed by atoms with van der Waals surface area (Å²) in [6.45, 7) is 7.27. The largest absolute Gasteiger partial charge is 0.480 e. The molecule has 2 aromatic carbocycles. The number of nitrogen functional groups attached to an aromatic ring is 1. The summed E-state index contributed by atoms with van der Waals surface area (Å²) in [5, 5.41) is 4.37. The van der Waals surface area contributed by atoms with Crippen LogP contribution in [0.2, 0.25) is 25.7 Å². The standard InChI is InChI=1S/C28H30N6O5Si/c1-37-25-22(24-32-39-28(36)33(24)17-38-12-13-40(2,3)4)15-19(16-30-25)18-10-11-23-21(14-18)26(35)34(27(29)31-23)20-8-6-5-7-9-20/h5-11,14-16H,12-13,17H2,1-4H3,(H2,29,31). The van der Waals surface area contributed by atoms with E-state index < -0.39 is 13.8 Å². The second kappa shape index (κ2) is 10.9. The molecule has 0 aliphatic rings. The number of methoxy groups -OCH3 is 1.